The van der Waals surface area contributed by atoms with Crippen LogP contribution in [0.4, 0.5) is 28.0 Å². The number of halogens is 6. The zero-order valence-corrected chi connectivity index (χ0v) is 19.1. The number of allylic oxidation sites excluding steroid dienone is 1. The summed E-state index contributed by atoms with van der Waals surface area (Å²) < 4.78 is 79.6. The molecule has 1 unspecified atom stereocenters. The van der Waals surface area contributed by atoms with Crippen molar-refractivity contribution in [3.63, 3.8) is 0 Å². The number of ether oxygens (including phenoxy) is 1. The summed E-state index contributed by atoms with van der Waals surface area (Å²) in [5, 5.41) is 2.89. The average Bonchev–Trinajstić information content (AvgIpc) is 3.21. The highest BCUT2D eigenvalue weighted by molar-refractivity contribution is 6.31. The van der Waals surface area contributed by atoms with E-state index >= 15 is 0 Å². The Morgan fingerprint density at radius 2 is 1.67 bits per heavy atom. The smallest absolute Gasteiger partial charge is 0.419 e. The standard InChI is InChI=1S/C25H16ClF5N2O3/c1-13(23(34)33-24-32-19-12-16(26)6-11-20(19)36-24)35-18-9-4-15(5-10-18)22(28)21(25(29,30)31)14-2-7-17(27)8-3-14/h2-13H,1H3,(H,32,33,34). The van der Waals surface area contributed by atoms with Gasteiger partial charge in [-0.25, -0.2) is 8.78 Å². The lowest BCUT2D eigenvalue weighted by molar-refractivity contribution is -0.122. The number of carbonyl (C=O) groups excluding carboxylic acids is 1. The van der Waals surface area contributed by atoms with Gasteiger partial charge in [-0.05, 0) is 67.1 Å². The van der Waals surface area contributed by atoms with Crippen molar-refractivity contribution in [3.05, 3.63) is 88.7 Å². The fourth-order valence-corrected chi connectivity index (χ4v) is 3.44. The number of hydrogen-bond acceptors (Lipinski definition) is 4. The summed E-state index contributed by atoms with van der Waals surface area (Å²) in [5.74, 6) is -2.80. The summed E-state index contributed by atoms with van der Waals surface area (Å²) >= 11 is 5.90. The van der Waals surface area contributed by atoms with Crippen LogP contribution in [0.1, 0.15) is 18.1 Å². The van der Waals surface area contributed by atoms with Gasteiger partial charge in [0.05, 0.1) is 5.57 Å². The molecule has 36 heavy (non-hydrogen) atoms. The van der Waals surface area contributed by atoms with Crippen molar-refractivity contribution in [2.75, 3.05) is 5.32 Å². The first-order valence-corrected chi connectivity index (χ1v) is 10.8. The molecule has 0 saturated carbocycles. The highest BCUT2D eigenvalue weighted by atomic mass is 35.5. The highest BCUT2D eigenvalue weighted by Crippen LogP contribution is 2.40. The number of nitrogens with one attached hydrogen (secondary N) is 1. The topological polar surface area (TPSA) is 64.4 Å². The number of amides is 1. The van der Waals surface area contributed by atoms with E-state index in [4.69, 9.17) is 20.8 Å². The molecular weight excluding hydrogens is 507 g/mol. The molecule has 0 fully saturated rings. The summed E-state index contributed by atoms with van der Waals surface area (Å²) in [6.07, 6.45) is -6.08. The summed E-state index contributed by atoms with van der Waals surface area (Å²) in [4.78, 5) is 16.5. The van der Waals surface area contributed by atoms with Gasteiger partial charge < -0.3 is 9.15 Å². The molecule has 0 spiro atoms. The number of rotatable bonds is 6. The van der Waals surface area contributed by atoms with Crippen molar-refractivity contribution in [1.82, 2.24) is 4.98 Å². The van der Waals surface area contributed by atoms with Gasteiger partial charge in [0.1, 0.15) is 22.9 Å². The van der Waals surface area contributed by atoms with Gasteiger partial charge in [-0.3, -0.25) is 10.1 Å². The van der Waals surface area contributed by atoms with Gasteiger partial charge in [-0.15, -0.1) is 0 Å². The Morgan fingerprint density at radius 3 is 2.31 bits per heavy atom. The van der Waals surface area contributed by atoms with Crippen molar-refractivity contribution < 1.29 is 35.9 Å². The largest absolute Gasteiger partial charge is 0.481 e. The second-order valence-corrected chi connectivity index (χ2v) is 8.03. The number of oxazole rings is 1. The van der Waals surface area contributed by atoms with Crippen molar-refractivity contribution >= 4 is 46.0 Å². The van der Waals surface area contributed by atoms with Crippen LogP contribution in [0.25, 0.3) is 22.5 Å². The molecule has 4 aromatic rings. The van der Waals surface area contributed by atoms with Gasteiger partial charge in [0.25, 0.3) is 5.91 Å². The van der Waals surface area contributed by atoms with Crippen LogP contribution >= 0.6 is 11.6 Å². The molecular formula is C25H16ClF5N2O3. The first-order chi connectivity index (χ1) is 17.0. The van der Waals surface area contributed by atoms with E-state index in [1.807, 2.05) is 0 Å². The van der Waals surface area contributed by atoms with Crippen LogP contribution in [0, 0.1) is 5.82 Å². The first-order valence-electron chi connectivity index (χ1n) is 10.4. The number of aromatic nitrogens is 1. The maximum Gasteiger partial charge on any atom is 0.419 e. The Bertz CT molecular complexity index is 1430. The van der Waals surface area contributed by atoms with Crippen LogP contribution in [0.5, 0.6) is 5.75 Å². The van der Waals surface area contributed by atoms with E-state index in [0.29, 0.717) is 16.1 Å². The van der Waals surface area contributed by atoms with Crippen LogP contribution < -0.4 is 10.1 Å². The van der Waals surface area contributed by atoms with Crippen LogP contribution in [0.3, 0.4) is 0 Å². The third-order valence-corrected chi connectivity index (χ3v) is 5.24. The molecule has 0 aliphatic rings. The second kappa shape index (κ2) is 9.98. The maximum absolute atomic E-state index is 14.9. The van der Waals surface area contributed by atoms with Gasteiger partial charge in [0.2, 0.25) is 0 Å². The Kier molecular flexibility index (Phi) is 6.98. The van der Waals surface area contributed by atoms with E-state index in [-0.39, 0.29) is 17.3 Å². The van der Waals surface area contributed by atoms with E-state index in [1.54, 1.807) is 18.2 Å². The van der Waals surface area contributed by atoms with Gasteiger partial charge >= 0.3 is 12.2 Å². The molecule has 0 aliphatic carbocycles. The molecule has 3 aromatic carbocycles. The molecule has 0 radical (unpaired) electrons. The Labute approximate surface area is 206 Å². The predicted octanol–water partition coefficient (Wildman–Crippen LogP) is 7.43. The lowest BCUT2D eigenvalue weighted by Crippen LogP contribution is -2.30. The molecule has 1 heterocycles. The number of fused-ring (bicyclic) bond motifs is 1. The zero-order chi connectivity index (χ0) is 26.0. The second-order valence-electron chi connectivity index (χ2n) is 7.60. The molecule has 1 aromatic heterocycles. The highest BCUT2D eigenvalue weighted by Gasteiger charge is 2.38. The SMILES string of the molecule is CC(Oc1ccc(C(F)=C(c2ccc(F)cc2)C(F)(F)F)cc1)C(=O)Nc1nc2cc(Cl)ccc2o1. The molecule has 0 aliphatic heterocycles. The Morgan fingerprint density at radius 1 is 1.03 bits per heavy atom. The van der Waals surface area contributed by atoms with Crippen molar-refractivity contribution in [3.8, 4) is 5.75 Å². The van der Waals surface area contributed by atoms with Crippen LogP contribution in [0.2, 0.25) is 5.02 Å². The normalized spacial score (nSPS) is 13.3. The number of nitrogens with zero attached hydrogens (tertiary/aromatic N) is 1. The first kappa shape index (κ1) is 25.2. The minimum absolute atomic E-state index is 0.0734. The minimum Gasteiger partial charge on any atom is -0.481 e. The number of hydrogen-bond donors (Lipinski definition) is 1. The van der Waals surface area contributed by atoms with Crippen molar-refractivity contribution in [2.45, 2.75) is 19.2 Å². The van der Waals surface area contributed by atoms with Crippen LogP contribution in [0.15, 0.2) is 71.1 Å². The van der Waals surface area contributed by atoms with Gasteiger partial charge in [-0.2, -0.15) is 18.2 Å². The molecule has 1 atom stereocenters. The molecule has 11 heteroatoms. The summed E-state index contributed by atoms with van der Waals surface area (Å²) in [7, 11) is 0. The fraction of sp³-hybridized carbons (Fsp3) is 0.120. The molecule has 4 rings (SSSR count). The molecule has 1 amide bonds. The third kappa shape index (κ3) is 5.65. The van der Waals surface area contributed by atoms with Gasteiger partial charge in [0.15, 0.2) is 11.7 Å². The number of anilines is 1. The lowest BCUT2D eigenvalue weighted by Gasteiger charge is -2.15. The summed E-state index contributed by atoms with van der Waals surface area (Å²) in [6, 6.07) is 12.6. The molecule has 1 N–H and O–H groups in total. The quantitative estimate of drug-likeness (QED) is 0.211. The van der Waals surface area contributed by atoms with E-state index in [1.165, 1.54) is 19.1 Å². The summed E-state index contributed by atoms with van der Waals surface area (Å²) in [6.45, 7) is 1.43. The number of carbonyl (C=O) groups is 1. The molecule has 0 saturated heterocycles. The van der Waals surface area contributed by atoms with Crippen LogP contribution in [-0.2, 0) is 4.79 Å². The predicted molar refractivity (Wildman–Crippen MR) is 125 cm³/mol. The maximum atomic E-state index is 14.9. The van der Waals surface area contributed by atoms with Crippen molar-refractivity contribution in [1.29, 1.82) is 0 Å². The average molecular weight is 523 g/mol. The minimum atomic E-state index is -5.03. The molecule has 5 nitrogen and oxygen atoms in total. The van der Waals surface area contributed by atoms with E-state index < -0.39 is 41.0 Å². The molecule has 186 valence electrons. The van der Waals surface area contributed by atoms with E-state index in [0.717, 1.165) is 36.4 Å². The number of alkyl halides is 3. The molecule has 0 bridgehead atoms. The van der Waals surface area contributed by atoms with Crippen LogP contribution in [-0.4, -0.2) is 23.2 Å². The third-order valence-electron chi connectivity index (χ3n) is 5.01. The monoisotopic (exact) mass is 522 g/mol. The number of benzene rings is 3. The summed E-state index contributed by atoms with van der Waals surface area (Å²) in [5.41, 5.74) is -1.58. The fourth-order valence-electron chi connectivity index (χ4n) is 3.27. The Hall–Kier alpha value is -3.92. The lowest BCUT2D eigenvalue weighted by atomic mass is 10.0. The van der Waals surface area contributed by atoms with Crippen molar-refractivity contribution in [2.24, 2.45) is 0 Å². The van der Waals surface area contributed by atoms with Gasteiger partial charge in [-0.1, -0.05) is 23.7 Å². The van der Waals surface area contributed by atoms with Gasteiger partial charge in [0, 0.05) is 10.6 Å². The van der Waals surface area contributed by atoms with E-state index in [9.17, 15) is 26.7 Å². The zero-order valence-electron chi connectivity index (χ0n) is 18.4. The Balaban J connectivity index is 1.48. The van der Waals surface area contributed by atoms with E-state index in [2.05, 4.69) is 10.3 Å².